The second-order valence-corrected chi connectivity index (χ2v) is 10.5. The van der Waals surface area contributed by atoms with Crippen molar-refractivity contribution in [2.45, 2.75) is 83.6 Å². The fraction of sp³-hybridized carbons (Fsp3) is 0.571. The lowest BCUT2D eigenvalue weighted by molar-refractivity contribution is -0.903. The van der Waals surface area contributed by atoms with Crippen LogP contribution in [0.1, 0.15) is 81.8 Å². The molecule has 0 aliphatic carbocycles. The average molecular weight is 499 g/mol. The van der Waals surface area contributed by atoms with Crippen LogP contribution in [-0.2, 0) is 13.0 Å². The number of nitrogens with zero attached hydrogens (tertiary/aromatic N) is 1. The fourth-order valence-electron chi connectivity index (χ4n) is 4.29. The zero-order valence-electron chi connectivity index (χ0n) is 20.1. The minimum Gasteiger partial charge on any atom is -1.00 e. The fourth-order valence-corrected chi connectivity index (χ4v) is 4.76. The van der Waals surface area contributed by atoms with Gasteiger partial charge in [0.05, 0.1) is 25.7 Å². The zero-order valence-corrected chi connectivity index (χ0v) is 22.4. The summed E-state index contributed by atoms with van der Waals surface area (Å²) in [6, 6.07) is 16.7. The molecular formula is C28H42Cl3N. The maximum atomic E-state index is 6.35. The van der Waals surface area contributed by atoms with Gasteiger partial charge in [-0.2, -0.15) is 0 Å². The summed E-state index contributed by atoms with van der Waals surface area (Å²) < 4.78 is 0.978. The number of hydrogen-bond acceptors (Lipinski definition) is 0. The van der Waals surface area contributed by atoms with Crippen LogP contribution in [0, 0.1) is 0 Å². The maximum absolute atomic E-state index is 6.35. The molecule has 4 heteroatoms. The molecule has 0 radical (unpaired) electrons. The number of rotatable bonds is 16. The Hall–Kier alpha value is -0.730. The van der Waals surface area contributed by atoms with Crippen molar-refractivity contribution in [3.63, 3.8) is 0 Å². The second kappa shape index (κ2) is 16.8. The molecule has 2 aromatic carbocycles. The lowest BCUT2D eigenvalue weighted by atomic mass is 10.0. The van der Waals surface area contributed by atoms with Crippen LogP contribution in [0.2, 0.25) is 10.0 Å². The molecule has 0 saturated carbocycles. The highest BCUT2D eigenvalue weighted by atomic mass is 35.5. The summed E-state index contributed by atoms with van der Waals surface area (Å²) in [5, 5.41) is 1.50. The van der Waals surface area contributed by atoms with Crippen LogP contribution in [0.25, 0.3) is 0 Å². The van der Waals surface area contributed by atoms with Crippen molar-refractivity contribution >= 4 is 23.2 Å². The third-order valence-corrected chi connectivity index (χ3v) is 6.77. The number of halogens is 3. The van der Waals surface area contributed by atoms with Gasteiger partial charge in [0.1, 0.15) is 6.54 Å². The number of aryl methyl sites for hydroxylation is 1. The van der Waals surface area contributed by atoms with Crippen LogP contribution < -0.4 is 12.4 Å². The van der Waals surface area contributed by atoms with Crippen LogP contribution >= 0.6 is 23.2 Å². The van der Waals surface area contributed by atoms with E-state index in [0.717, 1.165) is 16.1 Å². The molecule has 0 bridgehead atoms. The van der Waals surface area contributed by atoms with Gasteiger partial charge in [0.15, 0.2) is 0 Å². The van der Waals surface area contributed by atoms with Gasteiger partial charge in [-0.25, -0.2) is 0 Å². The topological polar surface area (TPSA) is 0 Å². The molecule has 0 fully saturated rings. The van der Waals surface area contributed by atoms with Gasteiger partial charge >= 0.3 is 0 Å². The maximum Gasteiger partial charge on any atom is 0.105 e. The molecule has 0 aliphatic heterocycles. The van der Waals surface area contributed by atoms with E-state index in [9.17, 15) is 0 Å². The normalized spacial score (nSPS) is 11.4. The molecule has 0 saturated heterocycles. The van der Waals surface area contributed by atoms with Gasteiger partial charge in [0.25, 0.3) is 0 Å². The first-order chi connectivity index (χ1) is 15.0. The number of benzene rings is 2. The third-order valence-electron chi connectivity index (χ3n) is 6.19. The molecule has 0 atom stereocenters. The Kier molecular flexibility index (Phi) is 15.4. The number of quaternary nitrogens is 1. The summed E-state index contributed by atoms with van der Waals surface area (Å²) in [6.07, 6.45) is 16.4. The molecule has 2 rings (SSSR count). The van der Waals surface area contributed by atoms with E-state index in [2.05, 4.69) is 50.5 Å². The first-order valence-corrected chi connectivity index (χ1v) is 13.0. The summed E-state index contributed by atoms with van der Waals surface area (Å²) in [5.41, 5.74) is 2.68. The van der Waals surface area contributed by atoms with Crippen molar-refractivity contribution in [3.05, 3.63) is 69.7 Å². The van der Waals surface area contributed by atoms with Crippen molar-refractivity contribution in [1.82, 2.24) is 0 Å². The highest BCUT2D eigenvalue weighted by Crippen LogP contribution is 2.24. The molecule has 0 N–H and O–H groups in total. The van der Waals surface area contributed by atoms with E-state index in [1.807, 2.05) is 12.1 Å². The highest BCUT2D eigenvalue weighted by molar-refractivity contribution is 6.35. The molecule has 0 heterocycles. The Bertz CT molecular complexity index is 731. The van der Waals surface area contributed by atoms with Gasteiger partial charge in [-0.05, 0) is 43.4 Å². The SMILES string of the molecule is C[N+](C)(CCCCCCCCCCCCCc1ccccc1)Cc1ccc(Cl)cc1Cl.[Cl-]. The van der Waals surface area contributed by atoms with Gasteiger partial charge in [-0.15, -0.1) is 0 Å². The van der Waals surface area contributed by atoms with Gasteiger partial charge in [0.2, 0.25) is 0 Å². The van der Waals surface area contributed by atoms with E-state index in [-0.39, 0.29) is 12.4 Å². The molecule has 0 amide bonds. The van der Waals surface area contributed by atoms with E-state index in [1.165, 1.54) is 94.7 Å². The molecular weight excluding hydrogens is 457 g/mol. The average Bonchev–Trinajstić information content (AvgIpc) is 2.74. The van der Waals surface area contributed by atoms with E-state index in [4.69, 9.17) is 23.2 Å². The Morgan fingerprint density at radius 1 is 0.656 bits per heavy atom. The Morgan fingerprint density at radius 2 is 1.19 bits per heavy atom. The zero-order chi connectivity index (χ0) is 22.4. The predicted octanol–water partition coefficient (Wildman–Crippen LogP) is 6.11. The van der Waals surface area contributed by atoms with E-state index in [0.29, 0.717) is 5.02 Å². The molecule has 32 heavy (non-hydrogen) atoms. The summed E-state index contributed by atoms with van der Waals surface area (Å²) >= 11 is 12.4. The lowest BCUT2D eigenvalue weighted by Crippen LogP contribution is -3.00. The highest BCUT2D eigenvalue weighted by Gasteiger charge is 2.17. The summed E-state index contributed by atoms with van der Waals surface area (Å²) in [5.74, 6) is 0. The second-order valence-electron chi connectivity index (χ2n) is 9.68. The van der Waals surface area contributed by atoms with Crippen LogP contribution in [0.3, 0.4) is 0 Å². The third kappa shape index (κ3) is 13.1. The number of unbranched alkanes of at least 4 members (excludes halogenated alkanes) is 10. The Labute approximate surface area is 213 Å². The van der Waals surface area contributed by atoms with Crippen LogP contribution in [0.5, 0.6) is 0 Å². The van der Waals surface area contributed by atoms with Crippen LogP contribution in [0.4, 0.5) is 0 Å². The summed E-state index contributed by atoms with van der Waals surface area (Å²) in [6.45, 7) is 2.16. The standard InChI is InChI=1S/C28H42Cl2N.ClH/c1-31(2,24-26-20-21-27(29)23-28(26)30)22-16-11-9-7-5-3-4-6-8-10-13-17-25-18-14-12-15-19-25;/h12,14-15,18-21,23H,3-11,13,16-17,22,24H2,1-2H3;1H/q+1;/p-1. The Balaban J connectivity index is 0.00000512. The summed E-state index contributed by atoms with van der Waals surface area (Å²) in [7, 11) is 4.59. The van der Waals surface area contributed by atoms with E-state index < -0.39 is 0 Å². The van der Waals surface area contributed by atoms with Crippen molar-refractivity contribution in [1.29, 1.82) is 0 Å². The van der Waals surface area contributed by atoms with E-state index >= 15 is 0 Å². The monoisotopic (exact) mass is 497 g/mol. The van der Waals surface area contributed by atoms with Crippen LogP contribution in [-0.4, -0.2) is 25.1 Å². The molecule has 180 valence electrons. The quantitative estimate of drug-likeness (QED) is 0.193. The van der Waals surface area contributed by atoms with Gasteiger partial charge < -0.3 is 16.9 Å². The Morgan fingerprint density at radius 3 is 1.75 bits per heavy atom. The first-order valence-electron chi connectivity index (χ1n) is 12.3. The first kappa shape index (κ1) is 29.3. The van der Waals surface area contributed by atoms with Crippen LogP contribution in [0.15, 0.2) is 48.5 Å². The minimum atomic E-state index is 0. The van der Waals surface area contributed by atoms with Gasteiger partial charge in [0, 0.05) is 10.6 Å². The lowest BCUT2D eigenvalue weighted by Gasteiger charge is -2.30. The predicted molar refractivity (Wildman–Crippen MR) is 138 cm³/mol. The van der Waals surface area contributed by atoms with E-state index in [1.54, 1.807) is 0 Å². The molecule has 0 aromatic heterocycles. The number of hydrogen-bond donors (Lipinski definition) is 0. The molecule has 2 aromatic rings. The molecule has 0 aliphatic rings. The van der Waals surface area contributed by atoms with Gasteiger partial charge in [-0.1, -0.05) is 111 Å². The molecule has 0 spiro atoms. The van der Waals surface area contributed by atoms with Crippen molar-refractivity contribution < 1.29 is 16.9 Å². The summed E-state index contributed by atoms with van der Waals surface area (Å²) in [4.78, 5) is 0. The smallest absolute Gasteiger partial charge is 0.105 e. The largest absolute Gasteiger partial charge is 1.00 e. The molecule has 1 nitrogen and oxygen atoms in total. The van der Waals surface area contributed by atoms with Gasteiger partial charge in [-0.3, -0.25) is 0 Å². The minimum absolute atomic E-state index is 0. The molecule has 0 unspecified atom stereocenters. The van der Waals surface area contributed by atoms with Crippen molar-refractivity contribution in [3.8, 4) is 0 Å². The van der Waals surface area contributed by atoms with Crippen molar-refractivity contribution in [2.75, 3.05) is 20.6 Å². The van der Waals surface area contributed by atoms with Crippen molar-refractivity contribution in [2.24, 2.45) is 0 Å².